The smallest absolute Gasteiger partial charge is 0.111 e. The lowest BCUT2D eigenvalue weighted by Gasteiger charge is -2.18. The van der Waals surface area contributed by atoms with Gasteiger partial charge in [0.1, 0.15) is 5.82 Å². The number of aromatic nitrogens is 2. The molecule has 0 radical (unpaired) electrons. The summed E-state index contributed by atoms with van der Waals surface area (Å²) in [4.78, 5) is 4.28. The Morgan fingerprint density at radius 2 is 2.06 bits per heavy atom. The van der Waals surface area contributed by atoms with Crippen LogP contribution in [0.15, 0.2) is 12.4 Å². The molecule has 0 aliphatic rings. The lowest BCUT2D eigenvalue weighted by atomic mass is 10.2. The molecule has 0 bridgehead atoms. The predicted octanol–water partition coefficient (Wildman–Crippen LogP) is 1.42. The number of methoxy groups -OCH3 is 1. The number of ether oxygens (including phenoxy) is 2. The van der Waals surface area contributed by atoms with Crippen LogP contribution in [0.3, 0.4) is 0 Å². The zero-order valence-corrected chi connectivity index (χ0v) is 11.7. The SMILES string of the molecule is COCC(C)OCC(O)Cn1ccnc1C(C)C. The largest absolute Gasteiger partial charge is 0.389 e. The number of rotatable bonds is 8. The van der Waals surface area contributed by atoms with Gasteiger partial charge in [-0.05, 0) is 6.92 Å². The van der Waals surface area contributed by atoms with Crippen molar-refractivity contribution in [2.45, 2.75) is 45.4 Å². The topological polar surface area (TPSA) is 56.5 Å². The summed E-state index contributed by atoms with van der Waals surface area (Å²) in [6.45, 7) is 7.44. The van der Waals surface area contributed by atoms with Crippen LogP contribution in [0.25, 0.3) is 0 Å². The van der Waals surface area contributed by atoms with Crippen molar-refractivity contribution in [3.8, 4) is 0 Å². The van der Waals surface area contributed by atoms with Crippen LogP contribution in [-0.2, 0) is 16.0 Å². The van der Waals surface area contributed by atoms with E-state index in [1.807, 2.05) is 17.7 Å². The number of aliphatic hydroxyl groups is 1. The number of imidazole rings is 1. The van der Waals surface area contributed by atoms with Crippen molar-refractivity contribution in [1.82, 2.24) is 9.55 Å². The fourth-order valence-electron chi connectivity index (χ4n) is 1.81. The van der Waals surface area contributed by atoms with Crippen molar-refractivity contribution in [2.24, 2.45) is 0 Å². The predicted molar refractivity (Wildman–Crippen MR) is 69.6 cm³/mol. The molecule has 2 unspecified atom stereocenters. The van der Waals surface area contributed by atoms with E-state index in [0.717, 1.165) is 5.82 Å². The van der Waals surface area contributed by atoms with E-state index in [1.165, 1.54) is 0 Å². The van der Waals surface area contributed by atoms with Gasteiger partial charge in [0.05, 0.1) is 32.0 Å². The molecule has 0 aromatic carbocycles. The minimum Gasteiger partial charge on any atom is -0.389 e. The summed E-state index contributed by atoms with van der Waals surface area (Å²) in [7, 11) is 1.64. The Morgan fingerprint density at radius 1 is 1.33 bits per heavy atom. The average Bonchev–Trinajstić information content (AvgIpc) is 2.75. The van der Waals surface area contributed by atoms with E-state index < -0.39 is 6.10 Å². The zero-order chi connectivity index (χ0) is 13.5. The van der Waals surface area contributed by atoms with E-state index in [0.29, 0.717) is 25.7 Å². The summed E-state index contributed by atoms with van der Waals surface area (Å²) in [6, 6.07) is 0. The monoisotopic (exact) mass is 256 g/mol. The molecule has 0 aliphatic heterocycles. The highest BCUT2D eigenvalue weighted by Gasteiger charge is 2.12. The fourth-order valence-corrected chi connectivity index (χ4v) is 1.81. The van der Waals surface area contributed by atoms with Crippen molar-refractivity contribution in [1.29, 1.82) is 0 Å². The Bertz CT molecular complexity index is 339. The van der Waals surface area contributed by atoms with Gasteiger partial charge in [-0.1, -0.05) is 13.8 Å². The normalized spacial score (nSPS) is 15.0. The first-order valence-electron chi connectivity index (χ1n) is 6.34. The van der Waals surface area contributed by atoms with E-state index in [4.69, 9.17) is 9.47 Å². The summed E-state index contributed by atoms with van der Waals surface area (Å²) < 4.78 is 12.4. The third-order valence-corrected chi connectivity index (χ3v) is 2.65. The zero-order valence-electron chi connectivity index (χ0n) is 11.7. The molecule has 1 N–H and O–H groups in total. The van der Waals surface area contributed by atoms with E-state index in [9.17, 15) is 5.11 Å². The van der Waals surface area contributed by atoms with E-state index in [1.54, 1.807) is 13.3 Å². The molecule has 0 aliphatic carbocycles. The lowest BCUT2D eigenvalue weighted by Crippen LogP contribution is -2.27. The van der Waals surface area contributed by atoms with Gasteiger partial charge in [-0.2, -0.15) is 0 Å². The van der Waals surface area contributed by atoms with Crippen LogP contribution >= 0.6 is 0 Å². The van der Waals surface area contributed by atoms with Gasteiger partial charge in [0.15, 0.2) is 0 Å². The van der Waals surface area contributed by atoms with Gasteiger partial charge in [0.25, 0.3) is 0 Å². The van der Waals surface area contributed by atoms with Crippen molar-refractivity contribution in [3.05, 3.63) is 18.2 Å². The second kappa shape index (κ2) is 7.51. The average molecular weight is 256 g/mol. The molecule has 5 nitrogen and oxygen atoms in total. The van der Waals surface area contributed by atoms with Crippen LogP contribution in [0.5, 0.6) is 0 Å². The van der Waals surface area contributed by atoms with Crippen LogP contribution in [-0.4, -0.2) is 47.2 Å². The fraction of sp³-hybridized carbons (Fsp3) is 0.769. The standard InChI is InChI=1S/C13H24N2O3/c1-10(2)13-14-5-6-15(13)7-12(16)9-18-11(3)8-17-4/h5-6,10-12,16H,7-9H2,1-4H3. The van der Waals surface area contributed by atoms with E-state index in [-0.39, 0.29) is 6.10 Å². The number of nitrogens with zero attached hydrogens (tertiary/aromatic N) is 2. The highest BCUT2D eigenvalue weighted by Crippen LogP contribution is 2.12. The molecule has 5 heteroatoms. The first-order valence-corrected chi connectivity index (χ1v) is 6.34. The summed E-state index contributed by atoms with van der Waals surface area (Å²) in [5.74, 6) is 1.33. The molecular formula is C13H24N2O3. The van der Waals surface area contributed by atoms with Gasteiger partial charge in [-0.25, -0.2) is 4.98 Å². The van der Waals surface area contributed by atoms with Crippen molar-refractivity contribution < 1.29 is 14.6 Å². The van der Waals surface area contributed by atoms with Gasteiger partial charge in [-0.3, -0.25) is 0 Å². The minimum atomic E-state index is -0.531. The first-order chi connectivity index (χ1) is 8.54. The Hall–Kier alpha value is -0.910. The van der Waals surface area contributed by atoms with Gasteiger partial charge < -0.3 is 19.1 Å². The maximum Gasteiger partial charge on any atom is 0.111 e. The van der Waals surface area contributed by atoms with Crippen molar-refractivity contribution in [2.75, 3.05) is 20.3 Å². The number of aliphatic hydroxyl groups excluding tert-OH is 1. The second-order valence-electron chi connectivity index (χ2n) is 4.85. The molecule has 0 spiro atoms. The van der Waals surface area contributed by atoms with Crippen LogP contribution < -0.4 is 0 Å². The Balaban J connectivity index is 2.39. The minimum absolute atomic E-state index is 0.00277. The van der Waals surface area contributed by atoms with Crippen LogP contribution in [0, 0.1) is 0 Å². The Morgan fingerprint density at radius 3 is 2.67 bits per heavy atom. The quantitative estimate of drug-likeness (QED) is 0.764. The van der Waals surface area contributed by atoms with Gasteiger partial charge >= 0.3 is 0 Å². The molecule has 2 atom stereocenters. The molecular weight excluding hydrogens is 232 g/mol. The summed E-state index contributed by atoms with van der Waals surface area (Å²) in [5.41, 5.74) is 0. The van der Waals surface area contributed by atoms with Crippen LogP contribution in [0.4, 0.5) is 0 Å². The third kappa shape index (κ3) is 4.76. The first kappa shape index (κ1) is 15.1. The van der Waals surface area contributed by atoms with Crippen molar-refractivity contribution >= 4 is 0 Å². The number of hydrogen-bond acceptors (Lipinski definition) is 4. The molecule has 0 fully saturated rings. The second-order valence-corrected chi connectivity index (χ2v) is 4.85. The molecule has 1 rings (SSSR count). The molecule has 1 heterocycles. The van der Waals surface area contributed by atoms with E-state index in [2.05, 4.69) is 18.8 Å². The maximum absolute atomic E-state index is 9.93. The highest BCUT2D eigenvalue weighted by molar-refractivity contribution is 4.97. The molecule has 1 aromatic rings. The molecule has 104 valence electrons. The molecule has 18 heavy (non-hydrogen) atoms. The Labute approximate surface area is 109 Å². The lowest BCUT2D eigenvalue weighted by molar-refractivity contribution is -0.0358. The Kier molecular flexibility index (Phi) is 6.32. The molecule has 0 saturated carbocycles. The van der Waals surface area contributed by atoms with E-state index >= 15 is 0 Å². The third-order valence-electron chi connectivity index (χ3n) is 2.65. The van der Waals surface area contributed by atoms with Crippen LogP contribution in [0.1, 0.15) is 32.5 Å². The summed E-state index contributed by atoms with van der Waals surface area (Å²) >= 11 is 0. The highest BCUT2D eigenvalue weighted by atomic mass is 16.5. The van der Waals surface area contributed by atoms with Crippen LogP contribution in [0.2, 0.25) is 0 Å². The van der Waals surface area contributed by atoms with Crippen molar-refractivity contribution in [3.63, 3.8) is 0 Å². The summed E-state index contributed by atoms with van der Waals surface area (Å²) in [5, 5.41) is 9.93. The maximum atomic E-state index is 9.93. The number of hydrogen-bond donors (Lipinski definition) is 1. The molecule has 0 saturated heterocycles. The molecule has 0 amide bonds. The van der Waals surface area contributed by atoms with Gasteiger partial charge in [0, 0.05) is 25.4 Å². The summed E-state index contributed by atoms with van der Waals surface area (Å²) in [6.07, 6.45) is 3.11. The van der Waals surface area contributed by atoms with Gasteiger partial charge in [-0.15, -0.1) is 0 Å². The molecule has 1 aromatic heterocycles. The van der Waals surface area contributed by atoms with Gasteiger partial charge in [0.2, 0.25) is 0 Å².